The van der Waals surface area contributed by atoms with Gasteiger partial charge in [0.25, 0.3) is 5.91 Å². The number of hydrogen-bond acceptors (Lipinski definition) is 4. The average molecular weight is 338 g/mol. The Morgan fingerprint density at radius 2 is 2.00 bits per heavy atom. The van der Waals surface area contributed by atoms with Gasteiger partial charge in [0.2, 0.25) is 0 Å². The summed E-state index contributed by atoms with van der Waals surface area (Å²) >= 11 is 0. The van der Waals surface area contributed by atoms with Crippen LogP contribution < -0.4 is 5.32 Å². The van der Waals surface area contributed by atoms with Crippen LogP contribution in [0.15, 0.2) is 42.6 Å². The van der Waals surface area contributed by atoms with Crippen LogP contribution in [0.3, 0.4) is 0 Å². The van der Waals surface area contributed by atoms with Gasteiger partial charge in [-0.05, 0) is 18.6 Å². The lowest BCUT2D eigenvalue weighted by molar-refractivity contribution is -0.138. The largest absolute Gasteiger partial charge is 0.481 e. The SMILES string of the molecule is Cc1nn(C)c2ncc(C(=O)NCC(C(=O)O)c3ccccc3)cc12. The van der Waals surface area contributed by atoms with E-state index in [9.17, 15) is 14.7 Å². The van der Waals surface area contributed by atoms with Crippen LogP contribution >= 0.6 is 0 Å². The molecule has 7 nitrogen and oxygen atoms in total. The second-order valence-electron chi connectivity index (χ2n) is 5.82. The number of fused-ring (bicyclic) bond motifs is 1. The van der Waals surface area contributed by atoms with Crippen molar-refractivity contribution in [1.29, 1.82) is 0 Å². The molecule has 3 aromatic rings. The molecule has 0 radical (unpaired) electrons. The second kappa shape index (κ2) is 6.72. The zero-order valence-electron chi connectivity index (χ0n) is 13.9. The Hall–Kier alpha value is -3.22. The smallest absolute Gasteiger partial charge is 0.312 e. The Morgan fingerprint density at radius 3 is 2.68 bits per heavy atom. The summed E-state index contributed by atoms with van der Waals surface area (Å²) in [5, 5.41) is 17.2. The van der Waals surface area contributed by atoms with Gasteiger partial charge in [-0.3, -0.25) is 14.3 Å². The molecule has 2 N–H and O–H groups in total. The molecule has 25 heavy (non-hydrogen) atoms. The minimum absolute atomic E-state index is 0.00222. The quantitative estimate of drug-likeness (QED) is 0.740. The number of carboxylic acid groups (broad SMARTS) is 1. The predicted molar refractivity (Wildman–Crippen MR) is 92.4 cm³/mol. The number of pyridine rings is 1. The highest BCUT2D eigenvalue weighted by atomic mass is 16.4. The Kier molecular flexibility index (Phi) is 4.47. The summed E-state index contributed by atoms with van der Waals surface area (Å²) in [4.78, 5) is 28.2. The lowest BCUT2D eigenvalue weighted by Gasteiger charge is -2.13. The molecule has 2 heterocycles. The van der Waals surface area contributed by atoms with E-state index in [2.05, 4.69) is 15.4 Å². The summed E-state index contributed by atoms with van der Waals surface area (Å²) in [6, 6.07) is 10.6. The van der Waals surface area contributed by atoms with Crippen molar-refractivity contribution >= 4 is 22.9 Å². The van der Waals surface area contributed by atoms with Gasteiger partial charge in [-0.25, -0.2) is 4.98 Å². The molecule has 0 saturated carbocycles. The molecule has 1 amide bonds. The number of aryl methyl sites for hydroxylation is 2. The first-order valence-corrected chi connectivity index (χ1v) is 7.82. The van der Waals surface area contributed by atoms with Crippen molar-refractivity contribution in [2.75, 3.05) is 6.54 Å². The van der Waals surface area contributed by atoms with Crippen molar-refractivity contribution in [1.82, 2.24) is 20.1 Å². The van der Waals surface area contributed by atoms with Crippen LogP contribution in [0.25, 0.3) is 11.0 Å². The number of amides is 1. The first kappa shape index (κ1) is 16.6. The maximum Gasteiger partial charge on any atom is 0.312 e. The summed E-state index contributed by atoms with van der Waals surface area (Å²) in [6.45, 7) is 1.85. The predicted octanol–water partition coefficient (Wildman–Crippen LogP) is 1.87. The fourth-order valence-electron chi connectivity index (χ4n) is 2.76. The molecule has 1 unspecified atom stereocenters. The third-order valence-electron chi connectivity index (χ3n) is 4.09. The molecule has 1 aromatic carbocycles. The summed E-state index contributed by atoms with van der Waals surface area (Å²) < 4.78 is 1.65. The first-order valence-electron chi connectivity index (χ1n) is 7.82. The maximum absolute atomic E-state index is 12.4. The molecule has 0 aliphatic rings. The number of rotatable bonds is 5. The van der Waals surface area contributed by atoms with Crippen LogP contribution in [0.4, 0.5) is 0 Å². The molecule has 0 aliphatic heterocycles. The zero-order chi connectivity index (χ0) is 18.0. The fraction of sp³-hybridized carbons (Fsp3) is 0.222. The van der Waals surface area contributed by atoms with Crippen LogP contribution in [0.2, 0.25) is 0 Å². The van der Waals surface area contributed by atoms with E-state index in [1.807, 2.05) is 13.0 Å². The van der Waals surface area contributed by atoms with Crippen LogP contribution in [-0.4, -0.2) is 38.3 Å². The van der Waals surface area contributed by atoms with Gasteiger partial charge in [-0.15, -0.1) is 0 Å². The number of benzene rings is 1. The monoisotopic (exact) mass is 338 g/mol. The van der Waals surface area contributed by atoms with Crippen molar-refractivity contribution in [3.8, 4) is 0 Å². The summed E-state index contributed by atoms with van der Waals surface area (Å²) in [6.07, 6.45) is 1.47. The van der Waals surface area contributed by atoms with Gasteiger partial charge in [-0.1, -0.05) is 30.3 Å². The normalized spacial score (nSPS) is 12.1. The van der Waals surface area contributed by atoms with Crippen molar-refractivity contribution in [2.45, 2.75) is 12.8 Å². The summed E-state index contributed by atoms with van der Waals surface area (Å²) in [7, 11) is 1.79. The van der Waals surface area contributed by atoms with Crippen molar-refractivity contribution in [3.05, 3.63) is 59.4 Å². The van der Waals surface area contributed by atoms with Crippen molar-refractivity contribution < 1.29 is 14.7 Å². The summed E-state index contributed by atoms with van der Waals surface area (Å²) in [5.41, 5.74) is 2.50. The van der Waals surface area contributed by atoms with Gasteiger partial charge in [0.05, 0.1) is 17.2 Å². The highest BCUT2D eigenvalue weighted by Gasteiger charge is 2.21. The zero-order valence-corrected chi connectivity index (χ0v) is 13.9. The number of carbonyl (C=O) groups excluding carboxylic acids is 1. The standard InChI is InChI=1S/C18H18N4O3/c1-11-14-8-13(9-19-16(14)22(2)21-11)17(23)20-10-15(18(24)25)12-6-4-3-5-7-12/h3-9,15H,10H2,1-2H3,(H,20,23)(H,24,25). The Labute approximate surface area is 144 Å². The number of carboxylic acids is 1. The molecule has 128 valence electrons. The summed E-state index contributed by atoms with van der Waals surface area (Å²) in [5.74, 6) is -2.15. The molecular weight excluding hydrogens is 320 g/mol. The molecule has 2 aromatic heterocycles. The third-order valence-corrected chi connectivity index (χ3v) is 4.09. The van der Waals surface area contributed by atoms with Gasteiger partial charge >= 0.3 is 5.97 Å². The Morgan fingerprint density at radius 1 is 1.28 bits per heavy atom. The van der Waals surface area contributed by atoms with E-state index in [1.165, 1.54) is 6.20 Å². The van der Waals surface area contributed by atoms with Crippen molar-refractivity contribution in [3.63, 3.8) is 0 Å². The van der Waals surface area contributed by atoms with E-state index in [-0.39, 0.29) is 12.5 Å². The number of nitrogens with zero attached hydrogens (tertiary/aromatic N) is 3. The van der Waals surface area contributed by atoms with Gasteiger partial charge in [0.1, 0.15) is 0 Å². The minimum atomic E-state index is -0.983. The molecule has 0 fully saturated rings. The van der Waals surface area contributed by atoms with Gasteiger partial charge < -0.3 is 10.4 Å². The second-order valence-corrected chi connectivity index (χ2v) is 5.82. The van der Waals surface area contributed by atoms with E-state index < -0.39 is 11.9 Å². The highest BCUT2D eigenvalue weighted by molar-refractivity contribution is 5.97. The van der Waals surface area contributed by atoms with Gasteiger partial charge in [0, 0.05) is 25.2 Å². The van der Waals surface area contributed by atoms with E-state index >= 15 is 0 Å². The molecule has 3 rings (SSSR count). The van der Waals surface area contributed by atoms with Gasteiger partial charge in [0.15, 0.2) is 5.65 Å². The number of aromatic nitrogens is 3. The third kappa shape index (κ3) is 3.35. The fourth-order valence-corrected chi connectivity index (χ4v) is 2.76. The van der Waals surface area contributed by atoms with Crippen molar-refractivity contribution in [2.24, 2.45) is 7.05 Å². The number of carbonyl (C=O) groups is 2. The molecule has 0 saturated heterocycles. The Bertz CT molecular complexity index is 934. The van der Waals surface area contributed by atoms with E-state index in [1.54, 1.807) is 42.1 Å². The lowest BCUT2D eigenvalue weighted by atomic mass is 9.99. The maximum atomic E-state index is 12.4. The molecule has 0 spiro atoms. The van der Waals surface area contributed by atoms with E-state index in [0.29, 0.717) is 16.8 Å². The first-order chi connectivity index (χ1) is 12.0. The van der Waals surface area contributed by atoms with Crippen LogP contribution in [-0.2, 0) is 11.8 Å². The minimum Gasteiger partial charge on any atom is -0.481 e. The van der Waals surface area contributed by atoms with Crippen LogP contribution in [0.1, 0.15) is 27.5 Å². The molecule has 1 atom stereocenters. The van der Waals surface area contributed by atoms with Crippen LogP contribution in [0.5, 0.6) is 0 Å². The topological polar surface area (TPSA) is 97.1 Å². The Balaban J connectivity index is 1.77. The number of nitrogens with one attached hydrogen (secondary N) is 1. The number of hydrogen-bond donors (Lipinski definition) is 2. The molecule has 7 heteroatoms. The average Bonchev–Trinajstić information content (AvgIpc) is 2.89. The molecule has 0 aliphatic carbocycles. The molecule has 0 bridgehead atoms. The van der Waals surface area contributed by atoms with Crippen LogP contribution in [0, 0.1) is 6.92 Å². The lowest BCUT2D eigenvalue weighted by Crippen LogP contribution is -2.31. The van der Waals surface area contributed by atoms with Gasteiger partial charge in [-0.2, -0.15) is 5.10 Å². The van der Waals surface area contributed by atoms with E-state index in [4.69, 9.17) is 0 Å². The van der Waals surface area contributed by atoms with E-state index in [0.717, 1.165) is 11.1 Å². The highest BCUT2D eigenvalue weighted by Crippen LogP contribution is 2.18. The molecular formula is C18H18N4O3. The number of aliphatic carboxylic acids is 1.